The van der Waals surface area contributed by atoms with E-state index in [1.807, 2.05) is 0 Å². The fourth-order valence-electron chi connectivity index (χ4n) is 5.91. The molecule has 1 atom stereocenters. The van der Waals surface area contributed by atoms with E-state index >= 15 is 0 Å². The maximum absolute atomic E-state index is 12.2. The summed E-state index contributed by atoms with van der Waals surface area (Å²) in [6, 6.07) is 0. The van der Waals surface area contributed by atoms with E-state index in [0.29, 0.717) is 13.0 Å². The molecule has 0 aromatic carbocycles. The average Bonchev–Trinajstić information content (AvgIpc) is 3.22. The molecule has 0 aliphatic heterocycles. The molecule has 0 rings (SSSR count). The Morgan fingerprint density at radius 2 is 0.737 bits per heavy atom. The molecular weight excluding hydrogens is 701 g/mol. The summed E-state index contributed by atoms with van der Waals surface area (Å²) in [7, 11) is 0. The van der Waals surface area contributed by atoms with Gasteiger partial charge in [0.25, 0.3) is 0 Å². The molecule has 0 aliphatic carbocycles. The van der Waals surface area contributed by atoms with Gasteiger partial charge in [0, 0.05) is 13.0 Å². The second-order valence-corrected chi connectivity index (χ2v) is 14.7. The molecule has 4 heteroatoms. The first kappa shape index (κ1) is 53.8. The Kier molecular flexibility index (Phi) is 46.2. The molecule has 0 saturated heterocycles. The topological polar surface area (TPSA) is 55.8 Å². The Morgan fingerprint density at radius 1 is 0.421 bits per heavy atom. The van der Waals surface area contributed by atoms with E-state index in [1.54, 1.807) is 0 Å². The van der Waals surface area contributed by atoms with Gasteiger partial charge in [0.2, 0.25) is 0 Å². The lowest BCUT2D eigenvalue weighted by Crippen LogP contribution is -2.27. The van der Waals surface area contributed by atoms with Gasteiger partial charge in [-0.25, -0.2) is 0 Å². The Hall–Kier alpha value is -3.21. The van der Waals surface area contributed by atoms with Crippen LogP contribution in [0.1, 0.15) is 181 Å². The van der Waals surface area contributed by atoms with Gasteiger partial charge in [-0.3, -0.25) is 4.79 Å². The van der Waals surface area contributed by atoms with Crippen LogP contribution in [0.25, 0.3) is 0 Å². The number of ether oxygens (including phenoxy) is 2. The van der Waals surface area contributed by atoms with Crippen molar-refractivity contribution in [2.45, 2.75) is 187 Å². The van der Waals surface area contributed by atoms with Crippen molar-refractivity contribution in [2.24, 2.45) is 0 Å². The van der Waals surface area contributed by atoms with Crippen LogP contribution in [0.2, 0.25) is 0 Å². The fraction of sp³-hybridized carbons (Fsp3) is 0.604. The zero-order valence-corrected chi connectivity index (χ0v) is 36.8. The van der Waals surface area contributed by atoms with Crippen LogP contribution in [0.3, 0.4) is 0 Å². The number of esters is 1. The van der Waals surface area contributed by atoms with Crippen LogP contribution >= 0.6 is 0 Å². The highest BCUT2D eigenvalue weighted by Crippen LogP contribution is 2.13. The highest BCUT2D eigenvalue weighted by Gasteiger charge is 2.13. The number of aliphatic hydroxyl groups excluding tert-OH is 1. The Morgan fingerprint density at radius 3 is 1.11 bits per heavy atom. The lowest BCUT2D eigenvalue weighted by atomic mass is 10.1. The van der Waals surface area contributed by atoms with Gasteiger partial charge in [0.15, 0.2) is 0 Å². The van der Waals surface area contributed by atoms with Crippen molar-refractivity contribution >= 4 is 5.97 Å². The first-order valence-corrected chi connectivity index (χ1v) is 23.1. The molecule has 1 unspecified atom stereocenters. The van der Waals surface area contributed by atoms with Crippen LogP contribution < -0.4 is 0 Å². The maximum atomic E-state index is 12.2. The van der Waals surface area contributed by atoms with Gasteiger partial charge < -0.3 is 14.6 Å². The molecule has 0 bridgehead atoms. The van der Waals surface area contributed by atoms with E-state index in [4.69, 9.17) is 9.47 Å². The van der Waals surface area contributed by atoms with Crippen molar-refractivity contribution in [2.75, 3.05) is 19.8 Å². The van der Waals surface area contributed by atoms with Crippen molar-refractivity contribution in [3.63, 3.8) is 0 Å². The lowest BCUT2D eigenvalue weighted by Gasteiger charge is -2.15. The van der Waals surface area contributed by atoms with Gasteiger partial charge in [0.1, 0.15) is 6.10 Å². The summed E-state index contributed by atoms with van der Waals surface area (Å²) < 4.78 is 11.2. The summed E-state index contributed by atoms with van der Waals surface area (Å²) >= 11 is 0. The van der Waals surface area contributed by atoms with Crippen molar-refractivity contribution in [3.8, 4) is 0 Å². The first-order valence-electron chi connectivity index (χ1n) is 23.1. The molecule has 0 aliphatic rings. The molecule has 57 heavy (non-hydrogen) atoms. The average molecular weight is 787 g/mol. The minimum absolute atomic E-state index is 0.193. The van der Waals surface area contributed by atoms with E-state index in [1.165, 1.54) is 64.2 Å². The van der Waals surface area contributed by atoms with Crippen LogP contribution in [-0.2, 0) is 14.3 Å². The van der Waals surface area contributed by atoms with Gasteiger partial charge in [0.05, 0.1) is 13.2 Å². The Labute approximate surface area is 352 Å². The quantitative estimate of drug-likeness (QED) is 0.0381. The summed E-state index contributed by atoms with van der Waals surface area (Å²) in [6.07, 6.45) is 72.6. The molecular formula is C53H86O4. The van der Waals surface area contributed by atoms with E-state index < -0.39 is 6.10 Å². The van der Waals surface area contributed by atoms with Gasteiger partial charge in [-0.2, -0.15) is 0 Å². The van der Waals surface area contributed by atoms with Crippen molar-refractivity contribution < 1.29 is 19.4 Å². The Balaban J connectivity index is 3.55. The third-order valence-corrected chi connectivity index (χ3v) is 9.28. The number of hydrogen-bond acceptors (Lipinski definition) is 4. The van der Waals surface area contributed by atoms with Gasteiger partial charge in [-0.05, 0) is 103 Å². The molecule has 0 heterocycles. The second-order valence-electron chi connectivity index (χ2n) is 14.7. The number of carbonyl (C=O) groups excluding carboxylic acids is 1. The first-order chi connectivity index (χ1) is 28.2. The second kappa shape index (κ2) is 48.9. The van der Waals surface area contributed by atoms with E-state index in [2.05, 4.69) is 135 Å². The molecule has 322 valence electrons. The molecule has 0 radical (unpaired) electrons. The molecule has 0 saturated carbocycles. The molecule has 4 nitrogen and oxygen atoms in total. The van der Waals surface area contributed by atoms with Gasteiger partial charge in [-0.1, -0.05) is 193 Å². The molecule has 1 N–H and O–H groups in total. The summed E-state index contributed by atoms with van der Waals surface area (Å²) in [6.45, 7) is 5.04. The lowest BCUT2D eigenvalue weighted by molar-refractivity contribution is -0.154. The highest BCUT2D eigenvalue weighted by molar-refractivity contribution is 5.69. The highest BCUT2D eigenvalue weighted by atomic mass is 16.6. The largest absolute Gasteiger partial charge is 0.457 e. The van der Waals surface area contributed by atoms with E-state index in [0.717, 1.165) is 96.3 Å². The van der Waals surface area contributed by atoms with E-state index in [-0.39, 0.29) is 19.2 Å². The smallest absolute Gasteiger partial charge is 0.306 e. The number of allylic oxidation sites excluding steroid dienone is 20. The summed E-state index contributed by atoms with van der Waals surface area (Å²) in [4.78, 5) is 12.2. The monoisotopic (exact) mass is 787 g/mol. The molecule has 0 aromatic heterocycles. The number of carbonyl (C=O) groups is 1. The fourth-order valence-corrected chi connectivity index (χ4v) is 5.91. The zero-order valence-electron chi connectivity index (χ0n) is 36.8. The molecule has 0 amide bonds. The Bertz CT molecular complexity index is 1150. The molecule has 0 spiro atoms. The predicted octanol–water partition coefficient (Wildman–Crippen LogP) is 15.7. The van der Waals surface area contributed by atoms with E-state index in [9.17, 15) is 9.90 Å². The number of rotatable bonds is 41. The third-order valence-electron chi connectivity index (χ3n) is 9.28. The predicted molar refractivity (Wildman–Crippen MR) is 251 cm³/mol. The van der Waals surface area contributed by atoms with Crippen molar-refractivity contribution in [1.82, 2.24) is 0 Å². The number of unbranched alkanes of at least 4 members (excludes halogenated alkanes) is 13. The summed E-state index contributed by atoms with van der Waals surface area (Å²) in [5.74, 6) is -0.222. The van der Waals surface area contributed by atoms with Crippen LogP contribution in [-0.4, -0.2) is 37.0 Å². The normalized spacial score (nSPS) is 13.5. The summed E-state index contributed by atoms with van der Waals surface area (Å²) in [5.41, 5.74) is 0. The third kappa shape index (κ3) is 47.1. The molecule has 0 aromatic rings. The van der Waals surface area contributed by atoms with Gasteiger partial charge >= 0.3 is 5.97 Å². The maximum Gasteiger partial charge on any atom is 0.306 e. The standard InChI is InChI=1S/C53H86O4/c1-3-5-7-9-11-13-15-17-19-21-23-25-26-27-28-29-30-32-34-36-38-40-42-44-46-48-53(55)57-52(50-54)51-56-49-47-45-43-41-39-37-35-33-31-24-22-20-18-16-14-12-10-8-6-4-2/h5-8,11-14,17-20,23-25,27-28,31,35,37,52,54H,3-4,9-10,15-16,21-22,26,29-30,32-34,36,38-51H2,1-2H3/b7-5-,8-6-,13-11-,14-12-,19-17-,20-18-,25-23-,28-27-,31-24-,37-35-. The van der Waals surface area contributed by atoms with Gasteiger partial charge in [-0.15, -0.1) is 0 Å². The van der Waals surface area contributed by atoms with Crippen LogP contribution in [0, 0.1) is 0 Å². The summed E-state index contributed by atoms with van der Waals surface area (Å²) in [5, 5.41) is 9.63. The SMILES string of the molecule is CC/C=C\C/C=C\C/C=C\C/C=C\C/C=C\CCCCCCCCCCCC(=O)OC(CO)COCCCCCC/C=C\C/C=C\C/C=C\C/C=C\C/C=C\CC. The van der Waals surface area contributed by atoms with Crippen LogP contribution in [0.15, 0.2) is 122 Å². The minimum atomic E-state index is -0.561. The number of aliphatic hydroxyl groups is 1. The van der Waals surface area contributed by atoms with Crippen LogP contribution in [0.5, 0.6) is 0 Å². The number of hydrogen-bond donors (Lipinski definition) is 1. The van der Waals surface area contributed by atoms with Crippen molar-refractivity contribution in [1.29, 1.82) is 0 Å². The molecule has 0 fully saturated rings. The zero-order chi connectivity index (χ0) is 41.2. The van der Waals surface area contributed by atoms with Crippen LogP contribution in [0.4, 0.5) is 0 Å². The van der Waals surface area contributed by atoms with Crippen molar-refractivity contribution in [3.05, 3.63) is 122 Å². The minimum Gasteiger partial charge on any atom is -0.457 e.